The number of anilines is 1. The van der Waals surface area contributed by atoms with Gasteiger partial charge >= 0.3 is 5.97 Å². The van der Waals surface area contributed by atoms with Crippen LogP contribution >= 0.6 is 0 Å². The number of carbonyl (C=O) groups excluding carboxylic acids is 4. The van der Waals surface area contributed by atoms with Crippen LogP contribution in [0.25, 0.3) is 0 Å². The van der Waals surface area contributed by atoms with Crippen molar-refractivity contribution in [3.63, 3.8) is 0 Å². The Kier molecular flexibility index (Phi) is 3.93. The Hall–Kier alpha value is -2.50. The Bertz CT molecular complexity index is 560. The van der Waals surface area contributed by atoms with Gasteiger partial charge in [-0.1, -0.05) is 0 Å². The van der Waals surface area contributed by atoms with Crippen molar-refractivity contribution in [1.82, 2.24) is 0 Å². The van der Waals surface area contributed by atoms with Gasteiger partial charge in [-0.3, -0.25) is 19.3 Å². The van der Waals surface area contributed by atoms with Crippen LogP contribution in [0.5, 0.6) is 0 Å². The van der Waals surface area contributed by atoms with Crippen molar-refractivity contribution in [2.24, 2.45) is 0 Å². The molecule has 2 amide bonds. The van der Waals surface area contributed by atoms with Gasteiger partial charge in [0, 0.05) is 12.8 Å². The minimum atomic E-state index is -0.620. The third-order valence-corrected chi connectivity index (χ3v) is 2.82. The fourth-order valence-electron chi connectivity index (χ4n) is 1.86. The van der Waals surface area contributed by atoms with Crippen molar-refractivity contribution in [2.45, 2.75) is 19.8 Å². The maximum atomic E-state index is 11.6. The Morgan fingerprint density at radius 3 is 2.15 bits per heavy atom. The van der Waals surface area contributed by atoms with Gasteiger partial charge in [0.05, 0.1) is 11.3 Å². The first-order valence-corrected chi connectivity index (χ1v) is 6.11. The van der Waals surface area contributed by atoms with Gasteiger partial charge in [-0.15, -0.1) is 0 Å². The minimum absolute atomic E-state index is 0.210. The molecule has 1 aromatic rings. The van der Waals surface area contributed by atoms with E-state index in [4.69, 9.17) is 4.74 Å². The van der Waals surface area contributed by atoms with E-state index in [1.807, 2.05) is 0 Å². The number of rotatable bonds is 4. The number of ketones is 1. The second-order valence-electron chi connectivity index (χ2n) is 4.45. The topological polar surface area (TPSA) is 80.8 Å². The highest BCUT2D eigenvalue weighted by molar-refractivity contribution is 6.19. The smallest absolute Gasteiger partial charge is 0.338 e. The SMILES string of the molecule is CC(=O)COC(=O)c1ccc(N2C(=O)CCC2=O)cc1. The van der Waals surface area contributed by atoms with Crippen molar-refractivity contribution < 1.29 is 23.9 Å². The molecule has 20 heavy (non-hydrogen) atoms. The quantitative estimate of drug-likeness (QED) is 0.607. The average Bonchev–Trinajstić information content (AvgIpc) is 2.76. The van der Waals surface area contributed by atoms with Crippen LogP contribution in [0, 0.1) is 0 Å². The van der Waals surface area contributed by atoms with Gasteiger partial charge in [0.15, 0.2) is 5.78 Å². The van der Waals surface area contributed by atoms with Crippen LogP contribution in [-0.2, 0) is 19.1 Å². The van der Waals surface area contributed by atoms with Gasteiger partial charge in [0.2, 0.25) is 11.8 Å². The van der Waals surface area contributed by atoms with Crippen LogP contribution in [0.3, 0.4) is 0 Å². The molecular weight excluding hydrogens is 262 g/mol. The lowest BCUT2D eigenvalue weighted by molar-refractivity contribution is -0.121. The van der Waals surface area contributed by atoms with Crippen molar-refractivity contribution in [3.05, 3.63) is 29.8 Å². The molecule has 0 N–H and O–H groups in total. The Balaban J connectivity index is 2.10. The summed E-state index contributed by atoms with van der Waals surface area (Å²) in [6, 6.07) is 5.92. The zero-order chi connectivity index (χ0) is 14.7. The number of Topliss-reactive ketones (excluding diaryl/α,β-unsaturated/α-hetero) is 1. The number of ether oxygens (including phenoxy) is 1. The summed E-state index contributed by atoms with van der Waals surface area (Å²) in [6.45, 7) is 1.05. The molecule has 1 fully saturated rings. The molecule has 1 saturated heterocycles. The third-order valence-electron chi connectivity index (χ3n) is 2.82. The number of hydrogen-bond donors (Lipinski definition) is 0. The molecule has 2 rings (SSSR count). The highest BCUT2D eigenvalue weighted by Gasteiger charge is 2.30. The largest absolute Gasteiger partial charge is 0.454 e. The summed E-state index contributed by atoms with van der Waals surface area (Å²) in [7, 11) is 0. The molecule has 0 saturated carbocycles. The molecular formula is C14H13NO5. The number of carbonyl (C=O) groups is 4. The van der Waals surface area contributed by atoms with Gasteiger partial charge in [-0.05, 0) is 31.2 Å². The zero-order valence-electron chi connectivity index (χ0n) is 10.9. The number of amides is 2. The predicted molar refractivity (Wildman–Crippen MR) is 69.1 cm³/mol. The van der Waals surface area contributed by atoms with E-state index in [2.05, 4.69) is 0 Å². The first-order chi connectivity index (χ1) is 9.49. The molecule has 1 aliphatic rings. The molecule has 0 bridgehead atoms. The zero-order valence-corrected chi connectivity index (χ0v) is 10.9. The molecule has 104 valence electrons. The highest BCUT2D eigenvalue weighted by atomic mass is 16.5. The van der Waals surface area contributed by atoms with E-state index in [0.717, 1.165) is 4.90 Å². The summed E-state index contributed by atoms with van der Waals surface area (Å²) in [5.74, 6) is -1.36. The molecule has 0 aliphatic carbocycles. The summed E-state index contributed by atoms with van der Waals surface area (Å²) >= 11 is 0. The first kappa shape index (κ1) is 13.9. The van der Waals surface area contributed by atoms with Crippen molar-refractivity contribution in [3.8, 4) is 0 Å². The lowest BCUT2D eigenvalue weighted by Crippen LogP contribution is -2.28. The van der Waals surface area contributed by atoms with Crippen molar-refractivity contribution in [1.29, 1.82) is 0 Å². The average molecular weight is 275 g/mol. The normalized spacial score (nSPS) is 14.6. The summed E-state index contributed by atoms with van der Waals surface area (Å²) < 4.78 is 4.76. The Labute approximate surface area is 115 Å². The number of imide groups is 1. The third kappa shape index (κ3) is 2.90. The summed E-state index contributed by atoms with van der Waals surface area (Å²) in [5.41, 5.74) is 0.690. The van der Waals surface area contributed by atoms with E-state index in [1.54, 1.807) is 0 Å². The number of nitrogens with zero attached hydrogens (tertiary/aromatic N) is 1. The summed E-state index contributed by atoms with van der Waals surface area (Å²) in [4.78, 5) is 46.5. The van der Waals surface area contributed by atoms with E-state index in [0.29, 0.717) is 5.69 Å². The van der Waals surface area contributed by atoms with Crippen molar-refractivity contribution in [2.75, 3.05) is 11.5 Å². The molecule has 1 aliphatic heterocycles. The molecule has 0 aromatic heterocycles. The van der Waals surface area contributed by atoms with Gasteiger partial charge in [0.1, 0.15) is 6.61 Å². The van der Waals surface area contributed by atoms with Crippen LogP contribution in [-0.4, -0.2) is 30.2 Å². The Morgan fingerprint density at radius 1 is 1.10 bits per heavy atom. The second kappa shape index (κ2) is 5.64. The standard InChI is InChI=1S/C14H13NO5/c1-9(16)8-20-14(19)10-2-4-11(5-3-10)15-12(17)6-7-13(15)18/h2-5H,6-8H2,1H3. The fourth-order valence-corrected chi connectivity index (χ4v) is 1.86. The lowest BCUT2D eigenvalue weighted by atomic mass is 10.2. The number of benzene rings is 1. The van der Waals surface area contributed by atoms with E-state index in [1.165, 1.54) is 31.2 Å². The highest BCUT2D eigenvalue weighted by Crippen LogP contribution is 2.22. The van der Waals surface area contributed by atoms with Gasteiger partial charge in [-0.2, -0.15) is 0 Å². The molecule has 1 aromatic carbocycles. The molecule has 6 nitrogen and oxygen atoms in total. The van der Waals surface area contributed by atoms with Crippen LogP contribution in [0.2, 0.25) is 0 Å². The second-order valence-corrected chi connectivity index (χ2v) is 4.45. The number of esters is 1. The van der Waals surface area contributed by atoms with Crippen molar-refractivity contribution >= 4 is 29.3 Å². The molecule has 6 heteroatoms. The van der Waals surface area contributed by atoms with E-state index >= 15 is 0 Å². The predicted octanol–water partition coefficient (Wildman–Crippen LogP) is 1.09. The lowest BCUT2D eigenvalue weighted by Gasteiger charge is -2.13. The van der Waals surface area contributed by atoms with Crippen LogP contribution in [0.15, 0.2) is 24.3 Å². The van der Waals surface area contributed by atoms with Gasteiger partial charge in [-0.25, -0.2) is 4.79 Å². The van der Waals surface area contributed by atoms with Crippen LogP contribution in [0.4, 0.5) is 5.69 Å². The van der Waals surface area contributed by atoms with Crippen LogP contribution in [0.1, 0.15) is 30.1 Å². The molecule has 0 radical (unpaired) electrons. The molecule has 0 atom stereocenters. The maximum Gasteiger partial charge on any atom is 0.338 e. The van der Waals surface area contributed by atoms with Gasteiger partial charge in [0.25, 0.3) is 0 Å². The van der Waals surface area contributed by atoms with Crippen LogP contribution < -0.4 is 4.90 Å². The molecule has 0 unspecified atom stereocenters. The minimum Gasteiger partial charge on any atom is -0.454 e. The maximum absolute atomic E-state index is 11.6. The molecule has 1 heterocycles. The fraction of sp³-hybridized carbons (Fsp3) is 0.286. The van der Waals surface area contributed by atoms with Gasteiger partial charge < -0.3 is 4.74 Å². The van der Waals surface area contributed by atoms with E-state index in [9.17, 15) is 19.2 Å². The first-order valence-electron chi connectivity index (χ1n) is 6.11. The number of hydrogen-bond acceptors (Lipinski definition) is 5. The van der Waals surface area contributed by atoms with E-state index < -0.39 is 5.97 Å². The molecule has 0 spiro atoms. The van der Waals surface area contributed by atoms with E-state index in [-0.39, 0.29) is 42.6 Å². The summed E-state index contributed by atoms with van der Waals surface area (Å²) in [5, 5.41) is 0. The summed E-state index contributed by atoms with van der Waals surface area (Å²) in [6.07, 6.45) is 0.419. The Morgan fingerprint density at radius 2 is 1.65 bits per heavy atom. The monoisotopic (exact) mass is 275 g/mol.